The zero-order chi connectivity index (χ0) is 12.8. The van der Waals surface area contributed by atoms with E-state index >= 15 is 0 Å². The molecule has 0 atom stereocenters. The molecule has 1 aromatic heterocycles. The predicted molar refractivity (Wildman–Crippen MR) is 76.3 cm³/mol. The van der Waals surface area contributed by atoms with Gasteiger partial charge in [0.15, 0.2) is 0 Å². The summed E-state index contributed by atoms with van der Waals surface area (Å²) in [4.78, 5) is 4.41. The summed E-state index contributed by atoms with van der Waals surface area (Å²) in [6, 6.07) is 8.08. The van der Waals surface area contributed by atoms with Crippen LogP contribution in [0.4, 0.5) is 5.82 Å². The number of benzene rings is 1. The minimum Gasteiger partial charge on any atom is -0.497 e. The fourth-order valence-electron chi connectivity index (χ4n) is 2.01. The van der Waals surface area contributed by atoms with Crippen LogP contribution < -0.4 is 10.1 Å². The van der Waals surface area contributed by atoms with Gasteiger partial charge >= 0.3 is 0 Å². The molecule has 0 radical (unpaired) electrons. The molecule has 96 valence electrons. The lowest BCUT2D eigenvalue weighted by molar-refractivity contribution is 0.415. The Morgan fingerprint density at radius 1 is 1.22 bits per heavy atom. The number of anilines is 1. The second-order valence-electron chi connectivity index (χ2n) is 4.38. The maximum atomic E-state index is 5.23. The lowest BCUT2D eigenvalue weighted by Crippen LogP contribution is -2.03. The second kappa shape index (κ2) is 6.24. The number of aromatic nitrogens is 1. The lowest BCUT2D eigenvalue weighted by atomic mass is 10.1. The van der Waals surface area contributed by atoms with Gasteiger partial charge in [0.1, 0.15) is 11.6 Å². The highest BCUT2D eigenvalue weighted by atomic mass is 16.5. The van der Waals surface area contributed by atoms with Crippen LogP contribution in [0.5, 0.6) is 5.75 Å². The molecule has 1 N–H and O–H groups in total. The van der Waals surface area contributed by atoms with Gasteiger partial charge in [0, 0.05) is 18.1 Å². The van der Waals surface area contributed by atoms with Gasteiger partial charge in [0.05, 0.1) is 7.11 Å². The molecule has 0 saturated carbocycles. The molecule has 2 aromatic rings. The first-order chi connectivity index (χ1) is 8.85. The first kappa shape index (κ1) is 12.7. The molecule has 0 fully saturated rings. The van der Waals surface area contributed by atoms with E-state index in [9.17, 15) is 0 Å². The number of ether oxygens (including phenoxy) is 1. The third-order valence-corrected chi connectivity index (χ3v) is 3.04. The first-order valence-electron chi connectivity index (χ1n) is 6.51. The number of pyridine rings is 1. The standard InChI is InChI=1S/C15H20N2O/c1-3-4-5-9-16-15-14-7-6-13(18-2)11-12(14)8-10-17-15/h6-8,10-11H,3-5,9H2,1-2H3,(H,16,17). The summed E-state index contributed by atoms with van der Waals surface area (Å²) in [5, 5.41) is 5.71. The molecule has 2 rings (SSSR count). The number of hydrogen-bond acceptors (Lipinski definition) is 3. The summed E-state index contributed by atoms with van der Waals surface area (Å²) in [6.07, 6.45) is 5.52. The van der Waals surface area contributed by atoms with E-state index in [4.69, 9.17) is 4.74 Å². The average Bonchev–Trinajstić information content (AvgIpc) is 2.43. The van der Waals surface area contributed by atoms with Crippen molar-refractivity contribution in [2.24, 2.45) is 0 Å². The Kier molecular flexibility index (Phi) is 4.40. The van der Waals surface area contributed by atoms with Crippen molar-refractivity contribution in [3.63, 3.8) is 0 Å². The van der Waals surface area contributed by atoms with E-state index in [0.717, 1.165) is 28.9 Å². The van der Waals surface area contributed by atoms with E-state index in [0.29, 0.717) is 0 Å². The van der Waals surface area contributed by atoms with Gasteiger partial charge in [-0.25, -0.2) is 4.98 Å². The normalized spacial score (nSPS) is 10.6. The van der Waals surface area contributed by atoms with E-state index in [1.165, 1.54) is 19.3 Å². The number of methoxy groups -OCH3 is 1. The van der Waals surface area contributed by atoms with Crippen molar-refractivity contribution in [2.45, 2.75) is 26.2 Å². The molecule has 0 aliphatic carbocycles. The Hall–Kier alpha value is -1.77. The minimum absolute atomic E-state index is 0.880. The van der Waals surface area contributed by atoms with E-state index in [1.807, 2.05) is 24.4 Å². The van der Waals surface area contributed by atoms with Crippen molar-refractivity contribution in [3.8, 4) is 5.75 Å². The predicted octanol–water partition coefficient (Wildman–Crippen LogP) is 3.85. The van der Waals surface area contributed by atoms with Crippen LogP contribution in [0.25, 0.3) is 10.8 Å². The summed E-state index contributed by atoms with van der Waals surface area (Å²) in [6.45, 7) is 3.19. The Bertz CT molecular complexity index is 511. The molecule has 1 aromatic carbocycles. The number of nitrogens with zero attached hydrogens (tertiary/aromatic N) is 1. The van der Waals surface area contributed by atoms with Crippen LogP contribution in [0.15, 0.2) is 30.5 Å². The molecule has 0 spiro atoms. The quantitative estimate of drug-likeness (QED) is 0.784. The van der Waals surface area contributed by atoms with Gasteiger partial charge < -0.3 is 10.1 Å². The summed E-state index contributed by atoms with van der Waals surface area (Å²) >= 11 is 0. The van der Waals surface area contributed by atoms with Crippen LogP contribution in [-0.4, -0.2) is 18.6 Å². The Morgan fingerprint density at radius 2 is 2.11 bits per heavy atom. The van der Waals surface area contributed by atoms with Crippen molar-refractivity contribution in [1.82, 2.24) is 4.98 Å². The molecule has 0 unspecified atom stereocenters. The molecule has 0 saturated heterocycles. The maximum Gasteiger partial charge on any atom is 0.133 e. The van der Waals surface area contributed by atoms with Gasteiger partial charge in [0.2, 0.25) is 0 Å². The highest BCUT2D eigenvalue weighted by Gasteiger charge is 2.02. The molecule has 0 amide bonds. The van der Waals surface area contributed by atoms with Crippen LogP contribution in [0, 0.1) is 0 Å². The molecule has 18 heavy (non-hydrogen) atoms. The van der Waals surface area contributed by atoms with Crippen LogP contribution in [0.1, 0.15) is 26.2 Å². The minimum atomic E-state index is 0.880. The fourth-order valence-corrected chi connectivity index (χ4v) is 2.01. The highest BCUT2D eigenvalue weighted by Crippen LogP contribution is 2.25. The second-order valence-corrected chi connectivity index (χ2v) is 4.38. The Labute approximate surface area is 108 Å². The van der Waals surface area contributed by atoms with Crippen molar-refractivity contribution in [2.75, 3.05) is 19.0 Å². The van der Waals surface area contributed by atoms with Crippen molar-refractivity contribution < 1.29 is 4.74 Å². The molecular formula is C15H20N2O. The third-order valence-electron chi connectivity index (χ3n) is 3.04. The van der Waals surface area contributed by atoms with E-state index in [2.05, 4.69) is 23.3 Å². The number of unbranched alkanes of at least 4 members (excludes halogenated alkanes) is 2. The SMILES string of the molecule is CCCCCNc1nccc2cc(OC)ccc12. The van der Waals surface area contributed by atoms with Gasteiger partial charge in [0.25, 0.3) is 0 Å². The monoisotopic (exact) mass is 244 g/mol. The van der Waals surface area contributed by atoms with E-state index in [1.54, 1.807) is 7.11 Å². The number of hydrogen-bond donors (Lipinski definition) is 1. The zero-order valence-electron chi connectivity index (χ0n) is 11.1. The molecule has 0 aliphatic rings. The van der Waals surface area contributed by atoms with E-state index < -0.39 is 0 Å². The third kappa shape index (κ3) is 2.92. The molecule has 0 bridgehead atoms. The maximum absolute atomic E-state index is 5.23. The van der Waals surface area contributed by atoms with Gasteiger partial charge in [-0.2, -0.15) is 0 Å². The number of nitrogens with one attached hydrogen (secondary N) is 1. The molecule has 3 heteroatoms. The fraction of sp³-hybridized carbons (Fsp3) is 0.400. The van der Waals surface area contributed by atoms with Gasteiger partial charge in [-0.15, -0.1) is 0 Å². The Balaban J connectivity index is 2.17. The first-order valence-corrected chi connectivity index (χ1v) is 6.51. The summed E-state index contributed by atoms with van der Waals surface area (Å²) < 4.78 is 5.23. The molecular weight excluding hydrogens is 224 g/mol. The van der Waals surface area contributed by atoms with E-state index in [-0.39, 0.29) is 0 Å². The van der Waals surface area contributed by atoms with Crippen molar-refractivity contribution in [1.29, 1.82) is 0 Å². The Morgan fingerprint density at radius 3 is 2.89 bits per heavy atom. The van der Waals surface area contributed by atoms with Gasteiger partial charge in [-0.3, -0.25) is 0 Å². The van der Waals surface area contributed by atoms with Crippen molar-refractivity contribution in [3.05, 3.63) is 30.5 Å². The average molecular weight is 244 g/mol. The van der Waals surface area contributed by atoms with Crippen LogP contribution in [-0.2, 0) is 0 Å². The lowest BCUT2D eigenvalue weighted by Gasteiger charge is -2.09. The topological polar surface area (TPSA) is 34.2 Å². The van der Waals surface area contributed by atoms with Crippen LogP contribution in [0.2, 0.25) is 0 Å². The zero-order valence-corrected chi connectivity index (χ0v) is 11.1. The van der Waals surface area contributed by atoms with Crippen molar-refractivity contribution >= 4 is 16.6 Å². The van der Waals surface area contributed by atoms with Gasteiger partial charge in [-0.05, 0) is 36.1 Å². The van der Waals surface area contributed by atoms with Crippen LogP contribution in [0.3, 0.4) is 0 Å². The largest absolute Gasteiger partial charge is 0.497 e. The number of rotatable bonds is 6. The smallest absolute Gasteiger partial charge is 0.133 e. The van der Waals surface area contributed by atoms with Gasteiger partial charge in [-0.1, -0.05) is 19.8 Å². The number of fused-ring (bicyclic) bond motifs is 1. The summed E-state index contributed by atoms with van der Waals surface area (Å²) in [7, 11) is 1.69. The van der Waals surface area contributed by atoms with Crippen LogP contribution >= 0.6 is 0 Å². The molecule has 0 aliphatic heterocycles. The molecule has 1 heterocycles. The summed E-state index contributed by atoms with van der Waals surface area (Å²) in [5.41, 5.74) is 0. The highest BCUT2D eigenvalue weighted by molar-refractivity contribution is 5.92. The molecule has 3 nitrogen and oxygen atoms in total. The summed E-state index contributed by atoms with van der Waals surface area (Å²) in [5.74, 6) is 1.84.